The number of halogens is 3. The van der Waals surface area contributed by atoms with E-state index in [4.69, 9.17) is 4.84 Å². The first-order chi connectivity index (χ1) is 12.3. The Balaban J connectivity index is 2.09. The highest BCUT2D eigenvalue weighted by atomic mass is 19.4. The minimum atomic E-state index is -4.68. The predicted molar refractivity (Wildman–Crippen MR) is 86.4 cm³/mol. The smallest absolute Gasteiger partial charge is 0.329 e. The largest absolute Gasteiger partial charge is 0.471 e. The lowest BCUT2D eigenvalue weighted by molar-refractivity contribution is -0.190. The van der Waals surface area contributed by atoms with Crippen molar-refractivity contribution in [3.05, 3.63) is 35.7 Å². The van der Waals surface area contributed by atoms with Crippen LogP contribution >= 0.6 is 0 Å². The molecule has 0 aliphatic heterocycles. The number of alkyl halides is 3. The Kier molecular flexibility index (Phi) is 6.73. The summed E-state index contributed by atoms with van der Waals surface area (Å²) in [4.78, 5) is 20.9. The Labute approximate surface area is 148 Å². The standard InChI is InChI=1S/C17H20F3N3O3/c1-3-5-14(24)23(25-10-4-2)11-12-6-8-13(9-7-12)15-21-16(26-22-15)17(18,19)20/h6-9H,3-5,10-11H2,1-2H3. The molecule has 1 aromatic heterocycles. The number of hydrogen-bond acceptors (Lipinski definition) is 5. The fraction of sp³-hybridized carbons (Fsp3) is 0.471. The van der Waals surface area contributed by atoms with E-state index < -0.39 is 12.1 Å². The van der Waals surface area contributed by atoms with Crippen molar-refractivity contribution in [2.45, 2.75) is 45.8 Å². The van der Waals surface area contributed by atoms with E-state index in [2.05, 4.69) is 14.7 Å². The minimum Gasteiger partial charge on any atom is -0.329 e. The number of carbonyl (C=O) groups excluding carboxylic acids is 1. The molecule has 0 unspecified atom stereocenters. The van der Waals surface area contributed by atoms with Crippen molar-refractivity contribution in [2.75, 3.05) is 6.61 Å². The van der Waals surface area contributed by atoms with Gasteiger partial charge in [0.1, 0.15) is 0 Å². The monoisotopic (exact) mass is 371 g/mol. The van der Waals surface area contributed by atoms with Crippen LogP contribution in [0.3, 0.4) is 0 Å². The highest BCUT2D eigenvalue weighted by molar-refractivity contribution is 5.75. The lowest BCUT2D eigenvalue weighted by Gasteiger charge is -2.21. The van der Waals surface area contributed by atoms with Gasteiger partial charge >= 0.3 is 12.1 Å². The molecule has 9 heteroatoms. The van der Waals surface area contributed by atoms with Gasteiger partial charge in [0.15, 0.2) is 0 Å². The summed E-state index contributed by atoms with van der Waals surface area (Å²) in [6.07, 6.45) is -2.82. The third-order valence-corrected chi connectivity index (χ3v) is 3.40. The van der Waals surface area contributed by atoms with Crippen LogP contribution in [0.1, 0.15) is 44.6 Å². The topological polar surface area (TPSA) is 68.5 Å². The fourth-order valence-corrected chi connectivity index (χ4v) is 2.13. The van der Waals surface area contributed by atoms with Crippen LogP contribution in [0.25, 0.3) is 11.4 Å². The number of benzene rings is 1. The van der Waals surface area contributed by atoms with Crippen LogP contribution in [-0.4, -0.2) is 27.7 Å². The fourth-order valence-electron chi connectivity index (χ4n) is 2.13. The maximum Gasteiger partial charge on any atom is 0.471 e. The summed E-state index contributed by atoms with van der Waals surface area (Å²) >= 11 is 0. The van der Waals surface area contributed by atoms with Gasteiger partial charge in [0.05, 0.1) is 13.2 Å². The molecule has 1 amide bonds. The molecule has 2 aromatic rings. The molecule has 0 aliphatic rings. The Morgan fingerprint density at radius 2 is 1.88 bits per heavy atom. The highest BCUT2D eigenvalue weighted by Crippen LogP contribution is 2.29. The molecule has 0 atom stereocenters. The summed E-state index contributed by atoms with van der Waals surface area (Å²) in [5.74, 6) is -1.65. The number of amides is 1. The van der Waals surface area contributed by atoms with E-state index in [9.17, 15) is 18.0 Å². The molecule has 6 nitrogen and oxygen atoms in total. The van der Waals surface area contributed by atoms with Crippen LogP contribution in [0, 0.1) is 0 Å². The quantitative estimate of drug-likeness (QED) is 0.650. The molecule has 0 N–H and O–H groups in total. The van der Waals surface area contributed by atoms with Gasteiger partial charge in [0.25, 0.3) is 0 Å². The van der Waals surface area contributed by atoms with Crippen molar-refractivity contribution in [1.82, 2.24) is 15.2 Å². The zero-order chi connectivity index (χ0) is 19.2. The lowest BCUT2D eigenvalue weighted by Crippen LogP contribution is -2.30. The minimum absolute atomic E-state index is 0.113. The number of carbonyl (C=O) groups is 1. The van der Waals surface area contributed by atoms with Gasteiger partial charge in [0, 0.05) is 12.0 Å². The third kappa shape index (κ3) is 5.29. The predicted octanol–water partition coefficient (Wildman–Crippen LogP) is 4.23. The number of hydrogen-bond donors (Lipinski definition) is 0. The zero-order valence-electron chi connectivity index (χ0n) is 14.5. The number of rotatable bonds is 8. The van der Waals surface area contributed by atoms with Crippen molar-refractivity contribution in [1.29, 1.82) is 0 Å². The molecule has 0 fully saturated rings. The van der Waals surface area contributed by atoms with Crippen LogP contribution in [0.2, 0.25) is 0 Å². The van der Waals surface area contributed by atoms with Crippen molar-refractivity contribution < 1.29 is 27.3 Å². The second kappa shape index (κ2) is 8.79. The van der Waals surface area contributed by atoms with E-state index in [1.165, 1.54) is 5.06 Å². The van der Waals surface area contributed by atoms with Crippen molar-refractivity contribution in [3.8, 4) is 11.4 Å². The van der Waals surface area contributed by atoms with Crippen molar-refractivity contribution in [2.24, 2.45) is 0 Å². The Morgan fingerprint density at radius 3 is 2.42 bits per heavy atom. The molecular weight excluding hydrogens is 351 g/mol. The summed E-state index contributed by atoms with van der Waals surface area (Å²) in [5, 5.41) is 4.66. The molecule has 142 valence electrons. The van der Waals surface area contributed by atoms with E-state index in [0.717, 1.165) is 12.0 Å². The molecule has 0 saturated carbocycles. The van der Waals surface area contributed by atoms with E-state index in [1.807, 2.05) is 13.8 Å². The molecule has 0 radical (unpaired) electrons. The van der Waals surface area contributed by atoms with Crippen LogP contribution in [-0.2, 0) is 22.4 Å². The first kappa shape index (κ1) is 19.9. The Bertz CT molecular complexity index is 714. The molecule has 0 bridgehead atoms. The van der Waals surface area contributed by atoms with Gasteiger partial charge in [-0.15, -0.1) is 0 Å². The van der Waals surface area contributed by atoms with E-state index in [1.54, 1.807) is 24.3 Å². The molecule has 0 saturated heterocycles. The highest BCUT2D eigenvalue weighted by Gasteiger charge is 2.38. The molecule has 0 spiro atoms. The molecule has 1 aromatic carbocycles. The van der Waals surface area contributed by atoms with Crippen LogP contribution in [0.4, 0.5) is 13.2 Å². The normalized spacial score (nSPS) is 11.6. The first-order valence-corrected chi connectivity index (χ1v) is 8.28. The van der Waals surface area contributed by atoms with Gasteiger partial charge in [0.2, 0.25) is 11.7 Å². The van der Waals surface area contributed by atoms with Gasteiger partial charge in [-0.3, -0.25) is 9.63 Å². The molecule has 26 heavy (non-hydrogen) atoms. The van der Waals surface area contributed by atoms with E-state index in [0.29, 0.717) is 25.0 Å². The summed E-state index contributed by atoms with van der Waals surface area (Å²) < 4.78 is 41.8. The zero-order valence-corrected chi connectivity index (χ0v) is 14.5. The van der Waals surface area contributed by atoms with Gasteiger partial charge in [-0.2, -0.15) is 18.2 Å². The van der Waals surface area contributed by atoms with Crippen LogP contribution < -0.4 is 0 Å². The van der Waals surface area contributed by atoms with E-state index >= 15 is 0 Å². The molecule has 2 rings (SSSR count). The Morgan fingerprint density at radius 1 is 1.19 bits per heavy atom. The van der Waals surface area contributed by atoms with Gasteiger partial charge in [-0.05, 0) is 18.4 Å². The summed E-state index contributed by atoms with van der Waals surface area (Å²) in [7, 11) is 0. The average molecular weight is 371 g/mol. The maximum absolute atomic E-state index is 12.5. The van der Waals surface area contributed by atoms with Gasteiger partial charge in [-0.1, -0.05) is 43.3 Å². The summed E-state index contributed by atoms with van der Waals surface area (Å²) in [5.41, 5.74) is 1.16. The molecule has 1 heterocycles. The molecular formula is C17H20F3N3O3. The maximum atomic E-state index is 12.5. The average Bonchev–Trinajstić information content (AvgIpc) is 3.10. The van der Waals surface area contributed by atoms with Crippen LogP contribution in [0.5, 0.6) is 0 Å². The lowest BCUT2D eigenvalue weighted by atomic mass is 10.1. The van der Waals surface area contributed by atoms with Crippen LogP contribution in [0.15, 0.2) is 28.8 Å². The van der Waals surface area contributed by atoms with Crippen molar-refractivity contribution >= 4 is 5.91 Å². The third-order valence-electron chi connectivity index (χ3n) is 3.40. The van der Waals surface area contributed by atoms with Gasteiger partial charge in [-0.25, -0.2) is 5.06 Å². The first-order valence-electron chi connectivity index (χ1n) is 8.28. The summed E-state index contributed by atoms with van der Waals surface area (Å²) in [6.45, 7) is 4.53. The Hall–Kier alpha value is -2.42. The second-order valence-electron chi connectivity index (χ2n) is 5.63. The molecule has 0 aliphatic carbocycles. The number of hydroxylamine groups is 2. The van der Waals surface area contributed by atoms with Crippen molar-refractivity contribution in [3.63, 3.8) is 0 Å². The van der Waals surface area contributed by atoms with E-state index in [-0.39, 0.29) is 18.3 Å². The number of nitrogens with zero attached hydrogens (tertiary/aromatic N) is 3. The second-order valence-corrected chi connectivity index (χ2v) is 5.63. The van der Waals surface area contributed by atoms with Gasteiger partial charge < -0.3 is 4.52 Å². The summed E-state index contributed by atoms with van der Waals surface area (Å²) in [6, 6.07) is 6.51. The number of aromatic nitrogens is 2. The SMILES string of the molecule is CCCON(Cc1ccc(-c2noc(C(F)(F)F)n2)cc1)C(=O)CCC.